The highest BCUT2D eigenvalue weighted by atomic mass is 16.2. The van der Waals surface area contributed by atoms with Gasteiger partial charge in [0.15, 0.2) is 0 Å². The molecule has 0 radical (unpaired) electrons. The number of nitrogens with zero attached hydrogens (tertiary/aromatic N) is 2. The second-order valence-electron chi connectivity index (χ2n) is 3.86. The number of hydrogen-bond donors (Lipinski definition) is 2. The predicted octanol–water partition coefficient (Wildman–Crippen LogP) is 1.59. The Bertz CT molecular complexity index is 349. The Labute approximate surface area is 102 Å². The Morgan fingerprint density at radius 2 is 1.65 bits per heavy atom. The van der Waals surface area contributed by atoms with Gasteiger partial charge >= 0.3 is 6.03 Å². The molecule has 0 unspecified atom stereocenters. The molecule has 0 saturated heterocycles. The first kappa shape index (κ1) is 13.5. The molecule has 2 N–H and O–H groups in total. The number of rotatable bonds is 4. The van der Waals surface area contributed by atoms with Crippen LogP contribution in [0.25, 0.3) is 0 Å². The van der Waals surface area contributed by atoms with Crippen molar-refractivity contribution in [2.24, 2.45) is 0 Å². The molecule has 0 aliphatic heterocycles. The summed E-state index contributed by atoms with van der Waals surface area (Å²) in [5, 5.41) is 1.34. The van der Waals surface area contributed by atoms with E-state index in [1.165, 1.54) is 5.12 Å². The maximum Gasteiger partial charge on any atom is 0.354 e. The normalized spacial score (nSPS) is 10.4. The fraction of sp³-hybridized carbons (Fsp3) is 0.417. The van der Waals surface area contributed by atoms with Crippen molar-refractivity contribution in [3.05, 3.63) is 30.3 Å². The Hall–Kier alpha value is -1.59. The lowest BCUT2D eigenvalue weighted by Gasteiger charge is -2.31. The van der Waals surface area contributed by atoms with E-state index >= 15 is 0 Å². The van der Waals surface area contributed by atoms with Crippen molar-refractivity contribution in [3.63, 3.8) is 0 Å². The highest BCUT2D eigenvalue weighted by Gasteiger charge is 2.23. The van der Waals surface area contributed by atoms with E-state index in [2.05, 4.69) is 10.9 Å². The smallest absolute Gasteiger partial charge is 0.290 e. The van der Waals surface area contributed by atoms with Crippen molar-refractivity contribution in [1.29, 1.82) is 0 Å². The maximum absolute atomic E-state index is 12.3. The zero-order valence-electron chi connectivity index (χ0n) is 10.8. The summed E-state index contributed by atoms with van der Waals surface area (Å²) in [6.07, 6.45) is 0. The second-order valence-corrected chi connectivity index (χ2v) is 3.86. The average Bonchev–Trinajstić information content (AvgIpc) is 2.31. The van der Waals surface area contributed by atoms with E-state index in [4.69, 9.17) is 0 Å². The lowest BCUT2D eigenvalue weighted by molar-refractivity contribution is 0.155. The topological polar surface area (TPSA) is 47.6 Å². The molecule has 2 amide bonds. The second kappa shape index (κ2) is 6.22. The summed E-state index contributed by atoms with van der Waals surface area (Å²) in [5.41, 5.74) is 6.45. The molecule has 5 heteroatoms. The van der Waals surface area contributed by atoms with Gasteiger partial charge in [0.05, 0.1) is 0 Å². The van der Waals surface area contributed by atoms with Crippen molar-refractivity contribution in [2.75, 3.05) is 19.0 Å². The number of urea groups is 1. The van der Waals surface area contributed by atoms with Crippen molar-refractivity contribution in [3.8, 4) is 0 Å². The molecule has 0 atom stereocenters. The first-order valence-electron chi connectivity index (χ1n) is 5.65. The fourth-order valence-corrected chi connectivity index (χ4v) is 1.63. The van der Waals surface area contributed by atoms with Crippen LogP contribution in [0.1, 0.15) is 13.8 Å². The number of carbonyl (C=O) groups is 1. The molecule has 1 aromatic rings. The molecule has 0 aliphatic rings. The van der Waals surface area contributed by atoms with Crippen LogP contribution < -0.4 is 15.8 Å². The van der Waals surface area contributed by atoms with Crippen LogP contribution >= 0.6 is 0 Å². The zero-order valence-corrected chi connectivity index (χ0v) is 10.8. The van der Waals surface area contributed by atoms with Gasteiger partial charge in [-0.1, -0.05) is 18.2 Å². The number of anilines is 1. The SMILES string of the molecule is CNN(NC)C(=O)N(c1ccccc1)C(C)C. The van der Waals surface area contributed by atoms with Crippen LogP contribution in [0.15, 0.2) is 30.3 Å². The first-order valence-corrected chi connectivity index (χ1v) is 5.65. The third-order valence-electron chi connectivity index (χ3n) is 2.40. The summed E-state index contributed by atoms with van der Waals surface area (Å²) in [6, 6.07) is 9.54. The molecule has 0 spiro atoms. The molecule has 0 heterocycles. The molecule has 1 aromatic carbocycles. The van der Waals surface area contributed by atoms with Crippen LogP contribution in [-0.4, -0.2) is 31.3 Å². The van der Waals surface area contributed by atoms with E-state index in [9.17, 15) is 4.79 Å². The van der Waals surface area contributed by atoms with Gasteiger partial charge in [-0.15, -0.1) is 0 Å². The minimum Gasteiger partial charge on any atom is -0.290 e. The molecular weight excluding hydrogens is 216 g/mol. The van der Waals surface area contributed by atoms with Crippen LogP contribution in [0, 0.1) is 0 Å². The van der Waals surface area contributed by atoms with Gasteiger partial charge < -0.3 is 0 Å². The van der Waals surface area contributed by atoms with Crippen LogP contribution in [0.2, 0.25) is 0 Å². The lowest BCUT2D eigenvalue weighted by atomic mass is 10.2. The van der Waals surface area contributed by atoms with Crippen molar-refractivity contribution >= 4 is 11.7 Å². The van der Waals surface area contributed by atoms with Gasteiger partial charge in [-0.05, 0) is 26.0 Å². The molecular formula is C12H20N4O. The number of para-hydroxylation sites is 1. The molecule has 0 fully saturated rings. The van der Waals surface area contributed by atoms with Gasteiger partial charge in [-0.25, -0.2) is 15.6 Å². The third kappa shape index (κ3) is 3.18. The Balaban J connectivity index is 2.98. The van der Waals surface area contributed by atoms with E-state index in [1.54, 1.807) is 19.0 Å². The highest BCUT2D eigenvalue weighted by molar-refractivity contribution is 5.91. The zero-order chi connectivity index (χ0) is 12.8. The summed E-state index contributed by atoms with van der Waals surface area (Å²) < 4.78 is 0. The highest BCUT2D eigenvalue weighted by Crippen LogP contribution is 2.17. The largest absolute Gasteiger partial charge is 0.354 e. The van der Waals surface area contributed by atoms with Gasteiger partial charge in [-0.3, -0.25) is 4.90 Å². The number of carbonyl (C=O) groups excluding carboxylic acids is 1. The molecule has 94 valence electrons. The quantitative estimate of drug-likeness (QED) is 0.780. The predicted molar refractivity (Wildman–Crippen MR) is 69.4 cm³/mol. The number of hydrogen-bond acceptors (Lipinski definition) is 3. The first-order chi connectivity index (χ1) is 8.11. The van der Waals surface area contributed by atoms with E-state index in [1.807, 2.05) is 44.2 Å². The minimum atomic E-state index is -0.142. The summed E-state index contributed by atoms with van der Waals surface area (Å²) in [6.45, 7) is 3.96. The molecule has 1 rings (SSSR count). The molecule has 17 heavy (non-hydrogen) atoms. The van der Waals surface area contributed by atoms with Crippen molar-refractivity contribution in [2.45, 2.75) is 19.9 Å². The van der Waals surface area contributed by atoms with Gasteiger partial charge in [-0.2, -0.15) is 5.12 Å². The number of benzene rings is 1. The van der Waals surface area contributed by atoms with Crippen LogP contribution in [-0.2, 0) is 0 Å². The Kier molecular flexibility index (Phi) is 4.93. The minimum absolute atomic E-state index is 0.0779. The Morgan fingerprint density at radius 1 is 1.12 bits per heavy atom. The van der Waals surface area contributed by atoms with Crippen LogP contribution in [0.5, 0.6) is 0 Å². The monoisotopic (exact) mass is 236 g/mol. The number of nitrogens with one attached hydrogen (secondary N) is 2. The van der Waals surface area contributed by atoms with Gasteiger partial charge in [0.1, 0.15) is 0 Å². The summed E-state index contributed by atoms with van der Waals surface area (Å²) in [7, 11) is 3.38. The third-order valence-corrected chi connectivity index (χ3v) is 2.40. The summed E-state index contributed by atoms with van der Waals surface area (Å²) >= 11 is 0. The van der Waals surface area contributed by atoms with E-state index in [0.29, 0.717) is 0 Å². The molecule has 5 nitrogen and oxygen atoms in total. The van der Waals surface area contributed by atoms with Crippen molar-refractivity contribution < 1.29 is 4.79 Å². The van der Waals surface area contributed by atoms with Crippen LogP contribution in [0.4, 0.5) is 10.5 Å². The average molecular weight is 236 g/mol. The summed E-state index contributed by atoms with van der Waals surface area (Å²) in [5.74, 6) is 0. The van der Waals surface area contributed by atoms with Gasteiger partial charge in [0.25, 0.3) is 0 Å². The van der Waals surface area contributed by atoms with E-state index < -0.39 is 0 Å². The molecule has 0 bridgehead atoms. The molecule has 0 saturated carbocycles. The fourth-order valence-electron chi connectivity index (χ4n) is 1.63. The Morgan fingerprint density at radius 3 is 2.06 bits per heavy atom. The van der Waals surface area contributed by atoms with Crippen molar-refractivity contribution in [1.82, 2.24) is 16.0 Å². The number of amides is 2. The van der Waals surface area contributed by atoms with Gasteiger partial charge in [0, 0.05) is 25.8 Å². The molecule has 0 aliphatic carbocycles. The molecule has 0 aromatic heterocycles. The standard InChI is InChI=1S/C12H20N4O/c1-10(2)15(11-8-6-5-7-9-11)12(17)16(13-3)14-4/h5-10,13-14H,1-4H3. The lowest BCUT2D eigenvalue weighted by Crippen LogP contribution is -2.56. The number of hydrazine groups is 2. The maximum atomic E-state index is 12.3. The van der Waals surface area contributed by atoms with Gasteiger partial charge in [0.2, 0.25) is 0 Å². The summed E-state index contributed by atoms with van der Waals surface area (Å²) in [4.78, 5) is 14.0. The van der Waals surface area contributed by atoms with E-state index in [0.717, 1.165) is 5.69 Å². The van der Waals surface area contributed by atoms with Crippen LogP contribution in [0.3, 0.4) is 0 Å². The van der Waals surface area contributed by atoms with E-state index in [-0.39, 0.29) is 12.1 Å².